The monoisotopic (exact) mass is 426 g/mol. The van der Waals surface area contributed by atoms with Crippen LogP contribution in [0.3, 0.4) is 0 Å². The Kier molecular flexibility index (Phi) is 5.71. The second-order valence-electron chi connectivity index (χ2n) is 6.90. The number of methoxy groups -OCH3 is 1. The van der Waals surface area contributed by atoms with Gasteiger partial charge < -0.3 is 15.0 Å². The highest BCUT2D eigenvalue weighted by molar-refractivity contribution is 7.15. The lowest BCUT2D eigenvalue weighted by Gasteiger charge is -2.17. The standard InChI is InChI=1S/C21H19FN4O3S/c1-29-17-4-2-3-16(11-17)26-12-14(10-19(26)27)20(28)23-21-25-24-18(30-21)9-13-5-7-15(22)8-6-13/h2-8,11,14H,9-10,12H2,1H3,(H,23,25,28). The molecule has 1 aliphatic rings. The largest absolute Gasteiger partial charge is 0.497 e. The molecule has 30 heavy (non-hydrogen) atoms. The molecule has 0 aliphatic carbocycles. The van der Waals surface area contributed by atoms with Gasteiger partial charge in [0.15, 0.2) is 0 Å². The van der Waals surface area contributed by atoms with Gasteiger partial charge in [-0.2, -0.15) is 0 Å². The number of amides is 2. The van der Waals surface area contributed by atoms with Gasteiger partial charge in [-0.25, -0.2) is 4.39 Å². The summed E-state index contributed by atoms with van der Waals surface area (Å²) >= 11 is 1.26. The van der Waals surface area contributed by atoms with Crippen molar-refractivity contribution >= 4 is 34.0 Å². The zero-order valence-electron chi connectivity index (χ0n) is 16.2. The molecule has 9 heteroatoms. The number of halogens is 1. The molecule has 1 aliphatic heterocycles. The van der Waals surface area contributed by atoms with E-state index in [2.05, 4.69) is 15.5 Å². The van der Waals surface area contributed by atoms with Crippen LogP contribution in [0.25, 0.3) is 0 Å². The molecule has 1 saturated heterocycles. The van der Waals surface area contributed by atoms with Crippen molar-refractivity contribution < 1.29 is 18.7 Å². The van der Waals surface area contributed by atoms with Crippen molar-refractivity contribution in [3.05, 3.63) is 64.9 Å². The molecule has 1 fully saturated rings. The summed E-state index contributed by atoms with van der Waals surface area (Å²) in [5.41, 5.74) is 1.60. The van der Waals surface area contributed by atoms with E-state index in [-0.39, 0.29) is 24.1 Å². The number of hydrogen-bond acceptors (Lipinski definition) is 6. The minimum atomic E-state index is -0.479. The van der Waals surface area contributed by atoms with Crippen molar-refractivity contribution in [2.75, 3.05) is 23.9 Å². The SMILES string of the molecule is COc1cccc(N2CC(C(=O)Nc3nnc(Cc4ccc(F)cc4)s3)CC2=O)c1. The summed E-state index contributed by atoms with van der Waals surface area (Å²) in [7, 11) is 1.56. The third-order valence-electron chi connectivity index (χ3n) is 4.83. The molecule has 1 N–H and O–H groups in total. The van der Waals surface area contributed by atoms with E-state index in [1.54, 1.807) is 42.3 Å². The number of ether oxygens (including phenoxy) is 1. The lowest BCUT2D eigenvalue weighted by atomic mass is 10.1. The summed E-state index contributed by atoms with van der Waals surface area (Å²) < 4.78 is 18.2. The van der Waals surface area contributed by atoms with Crippen LogP contribution in [0.15, 0.2) is 48.5 Å². The predicted molar refractivity (Wildman–Crippen MR) is 111 cm³/mol. The van der Waals surface area contributed by atoms with Crippen LogP contribution in [0.1, 0.15) is 17.0 Å². The summed E-state index contributed by atoms with van der Waals surface area (Å²) in [5.74, 6) is -0.502. The zero-order valence-corrected chi connectivity index (χ0v) is 17.0. The van der Waals surface area contributed by atoms with E-state index < -0.39 is 5.92 Å². The van der Waals surface area contributed by atoms with E-state index in [9.17, 15) is 14.0 Å². The molecule has 3 aromatic rings. The maximum Gasteiger partial charge on any atom is 0.231 e. The summed E-state index contributed by atoms with van der Waals surface area (Å²) in [6, 6.07) is 13.3. The van der Waals surface area contributed by atoms with Gasteiger partial charge in [-0.05, 0) is 29.8 Å². The van der Waals surface area contributed by atoms with Crippen molar-refractivity contribution in [2.45, 2.75) is 12.8 Å². The number of benzene rings is 2. The normalized spacial score (nSPS) is 16.0. The van der Waals surface area contributed by atoms with Gasteiger partial charge in [-0.15, -0.1) is 10.2 Å². The van der Waals surface area contributed by atoms with Crippen molar-refractivity contribution in [3.8, 4) is 5.75 Å². The maximum atomic E-state index is 13.0. The molecule has 2 aromatic carbocycles. The molecule has 154 valence electrons. The van der Waals surface area contributed by atoms with E-state index >= 15 is 0 Å². The van der Waals surface area contributed by atoms with Gasteiger partial charge in [-0.3, -0.25) is 9.59 Å². The highest BCUT2D eigenvalue weighted by Gasteiger charge is 2.35. The average molecular weight is 426 g/mol. The number of aromatic nitrogens is 2. The van der Waals surface area contributed by atoms with Crippen molar-refractivity contribution in [3.63, 3.8) is 0 Å². The summed E-state index contributed by atoms with van der Waals surface area (Å²) in [4.78, 5) is 26.7. The van der Waals surface area contributed by atoms with Gasteiger partial charge in [0.05, 0.1) is 13.0 Å². The molecule has 1 unspecified atom stereocenters. The van der Waals surface area contributed by atoms with Crippen molar-refractivity contribution in [2.24, 2.45) is 5.92 Å². The minimum Gasteiger partial charge on any atom is -0.497 e. The maximum absolute atomic E-state index is 13.0. The lowest BCUT2D eigenvalue weighted by Crippen LogP contribution is -2.28. The third kappa shape index (κ3) is 4.46. The fourth-order valence-corrected chi connectivity index (χ4v) is 4.05. The van der Waals surface area contributed by atoms with Gasteiger partial charge in [0.2, 0.25) is 16.9 Å². The molecule has 0 spiro atoms. The smallest absolute Gasteiger partial charge is 0.231 e. The first-order valence-electron chi connectivity index (χ1n) is 9.34. The van der Waals surface area contributed by atoms with Crippen molar-refractivity contribution in [1.29, 1.82) is 0 Å². The van der Waals surface area contributed by atoms with E-state index in [4.69, 9.17) is 4.74 Å². The molecule has 4 rings (SSSR count). The van der Waals surface area contributed by atoms with Crippen LogP contribution in [0.2, 0.25) is 0 Å². The zero-order chi connectivity index (χ0) is 21.1. The third-order valence-corrected chi connectivity index (χ3v) is 5.67. The number of rotatable bonds is 6. The first-order valence-corrected chi connectivity index (χ1v) is 10.2. The van der Waals surface area contributed by atoms with Crippen molar-refractivity contribution in [1.82, 2.24) is 10.2 Å². The molecule has 1 aromatic heterocycles. The molecular formula is C21H19FN4O3S. The number of anilines is 2. The van der Waals surface area contributed by atoms with Gasteiger partial charge in [0.1, 0.15) is 16.6 Å². The highest BCUT2D eigenvalue weighted by Crippen LogP contribution is 2.29. The summed E-state index contributed by atoms with van der Waals surface area (Å²) in [6.07, 6.45) is 0.629. The van der Waals surface area contributed by atoms with Crippen LogP contribution in [-0.4, -0.2) is 35.7 Å². The molecule has 0 radical (unpaired) electrons. The number of hydrogen-bond donors (Lipinski definition) is 1. The average Bonchev–Trinajstić information content (AvgIpc) is 3.36. The molecule has 1 atom stereocenters. The van der Waals surface area contributed by atoms with Crippen LogP contribution in [-0.2, 0) is 16.0 Å². The Labute approximate surface area is 176 Å². The molecule has 2 heterocycles. The van der Waals surface area contributed by atoms with E-state index in [0.717, 1.165) is 5.56 Å². The number of nitrogens with zero attached hydrogens (tertiary/aromatic N) is 3. The molecule has 0 saturated carbocycles. The summed E-state index contributed by atoms with van der Waals surface area (Å²) in [5, 5.41) is 11.9. The Bertz CT molecular complexity index is 1070. The van der Waals surface area contributed by atoms with Crippen LogP contribution in [0, 0.1) is 11.7 Å². The Balaban J connectivity index is 1.38. The van der Waals surface area contributed by atoms with E-state index in [0.29, 0.717) is 34.5 Å². The Hall–Kier alpha value is -3.33. The van der Waals surface area contributed by atoms with Crippen LogP contribution in [0.5, 0.6) is 5.75 Å². The predicted octanol–water partition coefficient (Wildman–Crippen LogP) is 3.27. The van der Waals surface area contributed by atoms with Crippen LogP contribution < -0.4 is 15.0 Å². The topological polar surface area (TPSA) is 84.4 Å². The summed E-state index contributed by atoms with van der Waals surface area (Å²) in [6.45, 7) is 0.291. The fraction of sp³-hybridized carbons (Fsp3) is 0.238. The molecular weight excluding hydrogens is 407 g/mol. The number of carbonyl (C=O) groups is 2. The Morgan fingerprint density at radius 1 is 1.27 bits per heavy atom. The quantitative estimate of drug-likeness (QED) is 0.654. The Morgan fingerprint density at radius 3 is 2.83 bits per heavy atom. The fourth-order valence-electron chi connectivity index (χ4n) is 3.27. The Morgan fingerprint density at radius 2 is 2.07 bits per heavy atom. The first-order chi connectivity index (χ1) is 14.5. The second-order valence-corrected chi connectivity index (χ2v) is 7.96. The van der Waals surface area contributed by atoms with Crippen LogP contribution >= 0.6 is 11.3 Å². The van der Waals surface area contributed by atoms with Crippen LogP contribution in [0.4, 0.5) is 15.2 Å². The van der Waals surface area contributed by atoms with Gasteiger partial charge >= 0.3 is 0 Å². The first kappa shape index (κ1) is 20.0. The molecule has 7 nitrogen and oxygen atoms in total. The molecule has 2 amide bonds. The molecule has 0 bridgehead atoms. The second kappa shape index (κ2) is 8.58. The van der Waals surface area contributed by atoms with Gasteiger partial charge in [-0.1, -0.05) is 29.5 Å². The van der Waals surface area contributed by atoms with Gasteiger partial charge in [0, 0.05) is 31.1 Å². The van der Waals surface area contributed by atoms with E-state index in [1.807, 2.05) is 6.07 Å². The number of nitrogens with one attached hydrogen (secondary N) is 1. The number of carbonyl (C=O) groups excluding carboxylic acids is 2. The lowest BCUT2D eigenvalue weighted by molar-refractivity contribution is -0.122. The van der Waals surface area contributed by atoms with Gasteiger partial charge in [0.25, 0.3) is 0 Å². The minimum absolute atomic E-state index is 0.113. The van der Waals surface area contributed by atoms with E-state index in [1.165, 1.54) is 23.5 Å². The highest BCUT2D eigenvalue weighted by atomic mass is 32.1.